The van der Waals surface area contributed by atoms with E-state index in [2.05, 4.69) is 37.8 Å². The molecule has 1 unspecified atom stereocenters. The van der Waals surface area contributed by atoms with Gasteiger partial charge in [-0.15, -0.1) is 23.5 Å². The normalized spacial score (nSPS) is 20.5. The fourth-order valence-electron chi connectivity index (χ4n) is 2.97. The number of hydrogen-bond donors (Lipinski definition) is 0. The Kier molecular flexibility index (Phi) is 5.63. The molecule has 126 valence electrons. The van der Waals surface area contributed by atoms with Crippen LogP contribution in [0.25, 0.3) is 0 Å². The van der Waals surface area contributed by atoms with Crippen molar-refractivity contribution in [1.29, 1.82) is 0 Å². The summed E-state index contributed by atoms with van der Waals surface area (Å²) in [7, 11) is 0. The minimum absolute atomic E-state index is 0.212. The number of thioether (sulfide) groups is 2. The molecule has 0 radical (unpaired) electrons. The van der Waals surface area contributed by atoms with Gasteiger partial charge in [-0.2, -0.15) is 0 Å². The Labute approximate surface area is 148 Å². The molecule has 1 amide bonds. The molecule has 0 bridgehead atoms. The molecule has 1 aliphatic carbocycles. The topological polar surface area (TPSA) is 20.3 Å². The van der Waals surface area contributed by atoms with Crippen molar-refractivity contribution >= 4 is 29.4 Å². The molecule has 1 saturated heterocycles. The van der Waals surface area contributed by atoms with Crippen LogP contribution in [0.5, 0.6) is 0 Å². The van der Waals surface area contributed by atoms with E-state index in [0.29, 0.717) is 22.6 Å². The van der Waals surface area contributed by atoms with E-state index in [-0.39, 0.29) is 5.91 Å². The van der Waals surface area contributed by atoms with Crippen LogP contribution in [0.1, 0.15) is 60.5 Å². The molecule has 23 heavy (non-hydrogen) atoms. The fraction of sp³-hybridized carbons (Fsp3) is 0.632. The lowest BCUT2D eigenvalue weighted by molar-refractivity contribution is 0.0628. The van der Waals surface area contributed by atoms with Gasteiger partial charge in [-0.25, -0.2) is 0 Å². The predicted octanol–water partition coefficient (Wildman–Crippen LogP) is 5.20. The van der Waals surface area contributed by atoms with Crippen LogP contribution in [-0.2, 0) is 0 Å². The molecule has 1 aliphatic heterocycles. The van der Waals surface area contributed by atoms with Crippen LogP contribution >= 0.6 is 23.5 Å². The van der Waals surface area contributed by atoms with Gasteiger partial charge in [0.15, 0.2) is 0 Å². The summed E-state index contributed by atoms with van der Waals surface area (Å²) in [6, 6.07) is 9.16. The third-order valence-electron chi connectivity index (χ3n) is 4.84. The maximum absolute atomic E-state index is 13.0. The number of carbonyl (C=O) groups excluding carboxylic acids is 1. The second kappa shape index (κ2) is 7.52. The van der Waals surface area contributed by atoms with E-state index in [0.717, 1.165) is 18.4 Å². The predicted molar refractivity (Wildman–Crippen MR) is 102 cm³/mol. The van der Waals surface area contributed by atoms with Gasteiger partial charge in [-0.05, 0) is 61.3 Å². The Morgan fingerprint density at radius 1 is 1.09 bits per heavy atom. The zero-order chi connectivity index (χ0) is 16.4. The fourth-order valence-corrected chi connectivity index (χ4v) is 5.86. The number of carbonyl (C=O) groups is 1. The first-order valence-electron chi connectivity index (χ1n) is 8.73. The molecule has 2 aliphatic rings. The van der Waals surface area contributed by atoms with Crippen molar-refractivity contribution in [2.45, 2.75) is 56.7 Å². The van der Waals surface area contributed by atoms with Crippen molar-refractivity contribution in [3.63, 3.8) is 0 Å². The second-order valence-electron chi connectivity index (χ2n) is 6.98. The summed E-state index contributed by atoms with van der Waals surface area (Å²) in [5.74, 6) is 3.21. The number of rotatable bonds is 5. The summed E-state index contributed by atoms with van der Waals surface area (Å²) >= 11 is 4.06. The third kappa shape index (κ3) is 4.08. The molecule has 1 heterocycles. The van der Waals surface area contributed by atoms with Crippen molar-refractivity contribution in [3.8, 4) is 0 Å². The SMILES string of the molecule is CC(C)C(C)N(C(=O)c1ccc(C2SCCCS2)cc1)C1CC1. The lowest BCUT2D eigenvalue weighted by atomic mass is 10.0. The molecular weight excluding hydrogens is 322 g/mol. The molecule has 0 spiro atoms. The zero-order valence-corrected chi connectivity index (χ0v) is 16.0. The van der Waals surface area contributed by atoms with E-state index >= 15 is 0 Å². The van der Waals surface area contributed by atoms with E-state index in [1.54, 1.807) is 0 Å². The highest BCUT2D eigenvalue weighted by Crippen LogP contribution is 2.43. The highest BCUT2D eigenvalue weighted by molar-refractivity contribution is 8.16. The van der Waals surface area contributed by atoms with Gasteiger partial charge in [0.2, 0.25) is 0 Å². The van der Waals surface area contributed by atoms with Crippen LogP contribution in [0.3, 0.4) is 0 Å². The highest BCUT2D eigenvalue weighted by atomic mass is 32.2. The van der Waals surface area contributed by atoms with Gasteiger partial charge < -0.3 is 4.90 Å². The smallest absolute Gasteiger partial charge is 0.254 e. The lowest BCUT2D eigenvalue weighted by Gasteiger charge is -2.32. The van der Waals surface area contributed by atoms with E-state index in [1.807, 2.05) is 35.7 Å². The maximum atomic E-state index is 13.0. The van der Waals surface area contributed by atoms with Crippen molar-refractivity contribution in [3.05, 3.63) is 35.4 Å². The molecule has 4 heteroatoms. The van der Waals surface area contributed by atoms with Crippen molar-refractivity contribution < 1.29 is 4.79 Å². The van der Waals surface area contributed by atoms with Crippen molar-refractivity contribution in [2.75, 3.05) is 11.5 Å². The number of nitrogens with zero attached hydrogens (tertiary/aromatic N) is 1. The van der Waals surface area contributed by atoms with Crippen molar-refractivity contribution in [1.82, 2.24) is 4.90 Å². The molecular formula is C19H27NOS2. The van der Waals surface area contributed by atoms with Gasteiger partial charge in [-0.1, -0.05) is 26.0 Å². The highest BCUT2D eigenvalue weighted by Gasteiger charge is 2.37. The van der Waals surface area contributed by atoms with Gasteiger partial charge in [0, 0.05) is 17.6 Å². The quantitative estimate of drug-likeness (QED) is 0.728. The average molecular weight is 350 g/mol. The molecule has 3 rings (SSSR count). The summed E-state index contributed by atoms with van der Waals surface area (Å²) in [5, 5.41) is 0. The number of benzene rings is 1. The largest absolute Gasteiger partial charge is 0.333 e. The Morgan fingerprint density at radius 2 is 1.70 bits per heavy atom. The molecule has 0 aromatic heterocycles. The molecule has 1 atom stereocenters. The van der Waals surface area contributed by atoms with Crippen LogP contribution in [0.15, 0.2) is 24.3 Å². The van der Waals surface area contributed by atoms with E-state index in [1.165, 1.54) is 23.5 Å². The van der Waals surface area contributed by atoms with Gasteiger partial charge in [-0.3, -0.25) is 4.79 Å². The Balaban J connectivity index is 1.73. The minimum atomic E-state index is 0.212. The van der Waals surface area contributed by atoms with Crippen LogP contribution in [0.2, 0.25) is 0 Å². The summed E-state index contributed by atoms with van der Waals surface area (Å²) < 4.78 is 0.544. The Bertz CT molecular complexity index is 533. The number of hydrogen-bond acceptors (Lipinski definition) is 3. The Hall–Kier alpha value is -0.610. The van der Waals surface area contributed by atoms with E-state index < -0.39 is 0 Å². The van der Waals surface area contributed by atoms with E-state index in [4.69, 9.17) is 0 Å². The maximum Gasteiger partial charge on any atom is 0.254 e. The average Bonchev–Trinajstić information content (AvgIpc) is 3.40. The summed E-state index contributed by atoms with van der Waals surface area (Å²) in [6.07, 6.45) is 3.64. The first kappa shape index (κ1) is 17.2. The van der Waals surface area contributed by atoms with E-state index in [9.17, 15) is 4.79 Å². The van der Waals surface area contributed by atoms with Crippen LogP contribution < -0.4 is 0 Å². The second-order valence-corrected chi connectivity index (χ2v) is 9.70. The van der Waals surface area contributed by atoms with Gasteiger partial charge in [0.25, 0.3) is 5.91 Å². The summed E-state index contributed by atoms with van der Waals surface area (Å²) in [4.78, 5) is 15.1. The van der Waals surface area contributed by atoms with Crippen LogP contribution in [0.4, 0.5) is 0 Å². The molecule has 2 nitrogen and oxygen atoms in total. The monoisotopic (exact) mass is 349 g/mol. The summed E-state index contributed by atoms with van der Waals surface area (Å²) in [5.41, 5.74) is 2.20. The van der Waals surface area contributed by atoms with Gasteiger partial charge in [0.1, 0.15) is 0 Å². The molecule has 1 saturated carbocycles. The standard InChI is InChI=1S/C19H27NOS2/c1-13(2)14(3)20(17-9-10-17)18(21)15-5-7-16(8-6-15)19-22-11-4-12-23-19/h5-8,13-14,17,19H,4,9-12H2,1-3H3. The zero-order valence-electron chi connectivity index (χ0n) is 14.3. The lowest BCUT2D eigenvalue weighted by Crippen LogP contribution is -2.43. The third-order valence-corrected chi connectivity index (χ3v) is 7.85. The molecule has 0 N–H and O–H groups in total. The van der Waals surface area contributed by atoms with Crippen LogP contribution in [-0.4, -0.2) is 34.4 Å². The van der Waals surface area contributed by atoms with Crippen LogP contribution in [0, 0.1) is 5.92 Å². The van der Waals surface area contributed by atoms with Crippen molar-refractivity contribution in [2.24, 2.45) is 5.92 Å². The Morgan fingerprint density at radius 3 is 2.22 bits per heavy atom. The van der Waals surface area contributed by atoms with Gasteiger partial charge >= 0.3 is 0 Å². The molecule has 1 aromatic rings. The number of amides is 1. The summed E-state index contributed by atoms with van der Waals surface area (Å²) in [6.45, 7) is 6.59. The minimum Gasteiger partial charge on any atom is -0.333 e. The first-order valence-corrected chi connectivity index (χ1v) is 10.8. The molecule has 2 fully saturated rings. The van der Waals surface area contributed by atoms with Gasteiger partial charge in [0.05, 0.1) is 4.58 Å². The molecule has 1 aromatic carbocycles. The first-order chi connectivity index (χ1) is 11.1.